The van der Waals surface area contributed by atoms with Crippen molar-refractivity contribution >= 4 is 54.4 Å². The minimum absolute atomic E-state index is 0.0202. The van der Waals surface area contributed by atoms with E-state index in [1.165, 1.54) is 6.07 Å². The van der Waals surface area contributed by atoms with Gasteiger partial charge in [-0.1, -0.05) is 41.9 Å². The summed E-state index contributed by atoms with van der Waals surface area (Å²) in [5.41, 5.74) is 0.360. The highest BCUT2D eigenvalue weighted by Crippen LogP contribution is 2.36. The average Bonchev–Trinajstić information content (AvgIpc) is 3.02. The molecule has 1 fully saturated rings. The summed E-state index contributed by atoms with van der Waals surface area (Å²) in [5, 5.41) is 0.683. The van der Waals surface area contributed by atoms with Crippen LogP contribution in [-0.4, -0.2) is 61.3 Å². The fourth-order valence-corrected chi connectivity index (χ4v) is 6.38. The molecule has 6 nitrogen and oxygen atoms in total. The van der Waals surface area contributed by atoms with Gasteiger partial charge in [-0.05, 0) is 41.2 Å². The fourth-order valence-electron chi connectivity index (χ4n) is 3.52. The minimum Gasteiger partial charge on any atom is -0.335 e. The van der Waals surface area contributed by atoms with Crippen molar-refractivity contribution in [1.82, 2.24) is 13.8 Å². The van der Waals surface area contributed by atoms with Crippen LogP contribution in [0.1, 0.15) is 10.5 Å². The lowest BCUT2D eigenvalue weighted by Crippen LogP contribution is -2.47. The molecule has 1 aromatic heterocycles. The van der Waals surface area contributed by atoms with Gasteiger partial charge in [0, 0.05) is 36.0 Å². The van der Waals surface area contributed by atoms with Crippen LogP contribution in [-0.2, 0) is 10.0 Å². The molecule has 0 N–H and O–H groups in total. The zero-order valence-corrected chi connectivity index (χ0v) is 18.8. The number of benzene rings is 2. The number of fused-ring (bicyclic) bond motifs is 1. The molecule has 1 aliphatic heterocycles. The highest BCUT2D eigenvalue weighted by atomic mass is 79.9. The third-order valence-corrected chi connectivity index (χ3v) is 8.23. The van der Waals surface area contributed by atoms with E-state index in [4.69, 9.17) is 11.6 Å². The van der Waals surface area contributed by atoms with Gasteiger partial charge in [0.2, 0.25) is 0 Å². The maximum absolute atomic E-state index is 13.6. The molecule has 29 heavy (non-hydrogen) atoms. The van der Waals surface area contributed by atoms with Crippen molar-refractivity contribution in [1.29, 1.82) is 0 Å². The van der Waals surface area contributed by atoms with Crippen LogP contribution in [0.25, 0.3) is 10.9 Å². The first-order valence-corrected chi connectivity index (χ1v) is 11.7. The molecule has 152 valence electrons. The molecular formula is C20H19BrClN3O3S. The normalized spacial score (nSPS) is 15.8. The van der Waals surface area contributed by atoms with Crippen molar-refractivity contribution in [3.63, 3.8) is 0 Å². The van der Waals surface area contributed by atoms with E-state index in [1.807, 2.05) is 7.05 Å². The zero-order chi connectivity index (χ0) is 20.8. The van der Waals surface area contributed by atoms with Gasteiger partial charge in [0.05, 0.1) is 10.5 Å². The molecule has 0 bridgehead atoms. The highest BCUT2D eigenvalue weighted by Gasteiger charge is 2.33. The van der Waals surface area contributed by atoms with Crippen LogP contribution in [0.2, 0.25) is 5.02 Å². The quantitative estimate of drug-likeness (QED) is 0.555. The van der Waals surface area contributed by atoms with Crippen LogP contribution in [0.4, 0.5) is 0 Å². The molecule has 0 atom stereocenters. The average molecular weight is 497 g/mol. The second kappa shape index (κ2) is 7.75. The van der Waals surface area contributed by atoms with E-state index >= 15 is 0 Å². The molecule has 3 aromatic rings. The van der Waals surface area contributed by atoms with E-state index in [1.54, 1.807) is 47.4 Å². The SMILES string of the molecule is CN1CCN(C(=O)c2c(Cl)c3ccccc3n2S(=O)(=O)c2ccccc2Br)CC1. The summed E-state index contributed by atoms with van der Waals surface area (Å²) in [5.74, 6) is -0.380. The van der Waals surface area contributed by atoms with Gasteiger partial charge in [0.25, 0.3) is 15.9 Å². The Morgan fingerprint density at radius 3 is 2.31 bits per heavy atom. The number of carbonyl (C=O) groups is 1. The maximum Gasteiger partial charge on any atom is 0.273 e. The summed E-state index contributed by atoms with van der Waals surface area (Å²) in [6.07, 6.45) is 0. The first-order chi connectivity index (χ1) is 13.8. The number of carbonyl (C=O) groups excluding carboxylic acids is 1. The molecule has 0 spiro atoms. The molecule has 1 amide bonds. The summed E-state index contributed by atoms with van der Waals surface area (Å²) in [6.45, 7) is 2.48. The van der Waals surface area contributed by atoms with E-state index in [0.717, 1.165) is 17.1 Å². The van der Waals surface area contributed by atoms with E-state index in [9.17, 15) is 13.2 Å². The van der Waals surface area contributed by atoms with Gasteiger partial charge < -0.3 is 9.80 Å². The van der Waals surface area contributed by atoms with Crippen LogP contribution in [0.5, 0.6) is 0 Å². The van der Waals surface area contributed by atoms with Crippen LogP contribution >= 0.6 is 27.5 Å². The predicted molar refractivity (Wildman–Crippen MR) is 117 cm³/mol. The monoisotopic (exact) mass is 495 g/mol. The first kappa shape index (κ1) is 20.4. The van der Waals surface area contributed by atoms with Crippen LogP contribution < -0.4 is 0 Å². The Morgan fingerprint density at radius 2 is 1.62 bits per heavy atom. The first-order valence-electron chi connectivity index (χ1n) is 9.09. The van der Waals surface area contributed by atoms with E-state index < -0.39 is 10.0 Å². The second-order valence-electron chi connectivity index (χ2n) is 6.98. The second-order valence-corrected chi connectivity index (χ2v) is 9.96. The number of hydrogen-bond donors (Lipinski definition) is 0. The molecule has 2 heterocycles. The third kappa shape index (κ3) is 3.48. The highest BCUT2D eigenvalue weighted by molar-refractivity contribution is 9.10. The summed E-state index contributed by atoms with van der Waals surface area (Å²) >= 11 is 9.90. The predicted octanol–water partition coefficient (Wildman–Crippen LogP) is 3.68. The maximum atomic E-state index is 13.6. The largest absolute Gasteiger partial charge is 0.335 e. The van der Waals surface area contributed by atoms with Crippen molar-refractivity contribution in [3.05, 3.63) is 63.7 Å². The van der Waals surface area contributed by atoms with Gasteiger partial charge in [-0.25, -0.2) is 12.4 Å². The fraction of sp³-hybridized carbons (Fsp3) is 0.250. The minimum atomic E-state index is -4.07. The van der Waals surface area contributed by atoms with Gasteiger partial charge in [-0.15, -0.1) is 0 Å². The van der Waals surface area contributed by atoms with Gasteiger partial charge in [-0.3, -0.25) is 4.79 Å². The Kier molecular flexibility index (Phi) is 5.46. The van der Waals surface area contributed by atoms with Crippen molar-refractivity contribution in [2.45, 2.75) is 4.90 Å². The smallest absolute Gasteiger partial charge is 0.273 e. The van der Waals surface area contributed by atoms with Crippen LogP contribution in [0, 0.1) is 0 Å². The molecule has 0 radical (unpaired) electrons. The topological polar surface area (TPSA) is 62.6 Å². The number of nitrogens with zero attached hydrogens (tertiary/aromatic N) is 3. The van der Waals surface area contributed by atoms with Crippen molar-refractivity contribution < 1.29 is 13.2 Å². The van der Waals surface area contributed by atoms with Crippen molar-refractivity contribution in [3.8, 4) is 0 Å². The number of halogens is 2. The van der Waals surface area contributed by atoms with Gasteiger partial charge in [0.15, 0.2) is 0 Å². The number of aromatic nitrogens is 1. The van der Waals surface area contributed by atoms with Crippen LogP contribution in [0.3, 0.4) is 0 Å². The lowest BCUT2D eigenvalue weighted by Gasteiger charge is -2.32. The summed E-state index contributed by atoms with van der Waals surface area (Å²) in [7, 11) is -2.08. The Hall–Kier alpha value is -1.87. The molecule has 0 aliphatic carbocycles. The Morgan fingerprint density at radius 1 is 1.00 bits per heavy atom. The number of para-hydroxylation sites is 1. The molecule has 2 aromatic carbocycles. The molecule has 1 aliphatic rings. The molecule has 1 saturated heterocycles. The molecular weight excluding hydrogens is 478 g/mol. The Labute approximate surface area is 182 Å². The van der Waals surface area contributed by atoms with Crippen molar-refractivity contribution in [2.75, 3.05) is 33.2 Å². The number of amides is 1. The Balaban J connectivity index is 1.95. The van der Waals surface area contributed by atoms with E-state index in [-0.39, 0.29) is 21.5 Å². The number of likely N-dealkylation sites (N-methyl/N-ethyl adjacent to an activating group) is 1. The zero-order valence-electron chi connectivity index (χ0n) is 15.7. The summed E-state index contributed by atoms with van der Waals surface area (Å²) < 4.78 is 28.8. The number of hydrogen-bond acceptors (Lipinski definition) is 4. The third-order valence-electron chi connectivity index (χ3n) is 5.12. The van der Waals surface area contributed by atoms with E-state index in [0.29, 0.717) is 28.5 Å². The van der Waals surface area contributed by atoms with Crippen molar-refractivity contribution in [2.24, 2.45) is 0 Å². The van der Waals surface area contributed by atoms with Gasteiger partial charge >= 0.3 is 0 Å². The van der Waals surface area contributed by atoms with Crippen LogP contribution in [0.15, 0.2) is 57.9 Å². The summed E-state index contributed by atoms with van der Waals surface area (Å²) in [4.78, 5) is 17.3. The Bertz CT molecular complexity index is 1200. The molecule has 0 unspecified atom stereocenters. The van der Waals surface area contributed by atoms with Gasteiger partial charge in [-0.2, -0.15) is 0 Å². The van der Waals surface area contributed by atoms with Gasteiger partial charge in [0.1, 0.15) is 10.6 Å². The lowest BCUT2D eigenvalue weighted by molar-refractivity contribution is 0.0657. The summed E-state index contributed by atoms with van der Waals surface area (Å²) in [6, 6.07) is 13.4. The molecule has 4 rings (SSSR count). The lowest BCUT2D eigenvalue weighted by atomic mass is 10.2. The van der Waals surface area contributed by atoms with E-state index in [2.05, 4.69) is 20.8 Å². The standard InChI is InChI=1S/C20H19BrClN3O3S/c1-23-10-12-24(13-11-23)20(26)19-18(22)14-6-2-4-8-16(14)25(19)29(27,28)17-9-5-3-7-15(17)21/h2-9H,10-13H2,1H3. The number of piperazine rings is 1. The number of rotatable bonds is 3. The molecule has 0 saturated carbocycles. The molecule has 9 heteroatoms.